The van der Waals surface area contributed by atoms with Crippen LogP contribution in [-0.2, 0) is 17.9 Å². The summed E-state index contributed by atoms with van der Waals surface area (Å²) >= 11 is 12.1. The minimum absolute atomic E-state index is 0.00485. The molecule has 2 aromatic carbocycles. The van der Waals surface area contributed by atoms with Crippen molar-refractivity contribution in [3.63, 3.8) is 0 Å². The predicted octanol–water partition coefficient (Wildman–Crippen LogP) is 3.81. The lowest BCUT2D eigenvalue weighted by molar-refractivity contribution is 0.0937. The average molecular weight is 388 g/mol. The molecular formula is C18H20Cl2FNO3. The Morgan fingerprint density at radius 2 is 1.96 bits per heavy atom. The van der Waals surface area contributed by atoms with Crippen molar-refractivity contribution in [2.75, 3.05) is 26.4 Å². The zero-order valence-corrected chi connectivity index (χ0v) is 15.1. The van der Waals surface area contributed by atoms with Gasteiger partial charge in [0.2, 0.25) is 0 Å². The summed E-state index contributed by atoms with van der Waals surface area (Å²) < 4.78 is 24.8. The highest BCUT2D eigenvalue weighted by molar-refractivity contribution is 6.31. The van der Waals surface area contributed by atoms with Crippen molar-refractivity contribution in [1.29, 1.82) is 0 Å². The number of hydrogen-bond acceptors (Lipinski definition) is 4. The number of halogens is 3. The highest BCUT2D eigenvalue weighted by Gasteiger charge is 2.10. The van der Waals surface area contributed by atoms with Crippen LogP contribution in [0.4, 0.5) is 4.39 Å². The van der Waals surface area contributed by atoms with E-state index >= 15 is 0 Å². The third kappa shape index (κ3) is 6.45. The topological polar surface area (TPSA) is 50.7 Å². The maximum absolute atomic E-state index is 13.8. The number of nitrogens with one attached hydrogen (secondary N) is 1. The number of benzene rings is 2. The highest BCUT2D eigenvalue weighted by Crippen LogP contribution is 2.26. The van der Waals surface area contributed by atoms with Crippen molar-refractivity contribution in [3.8, 4) is 5.75 Å². The van der Waals surface area contributed by atoms with Gasteiger partial charge in [0.15, 0.2) is 0 Å². The molecule has 25 heavy (non-hydrogen) atoms. The first-order chi connectivity index (χ1) is 12.1. The van der Waals surface area contributed by atoms with Gasteiger partial charge >= 0.3 is 0 Å². The van der Waals surface area contributed by atoms with Crippen molar-refractivity contribution >= 4 is 23.2 Å². The fourth-order valence-corrected chi connectivity index (χ4v) is 2.59. The lowest BCUT2D eigenvalue weighted by atomic mass is 10.2. The van der Waals surface area contributed by atoms with Gasteiger partial charge in [-0.3, -0.25) is 0 Å². The largest absolute Gasteiger partial charge is 0.488 e. The Balaban J connectivity index is 1.96. The van der Waals surface area contributed by atoms with Gasteiger partial charge in [-0.2, -0.15) is 0 Å². The number of aliphatic hydroxyl groups is 1. The van der Waals surface area contributed by atoms with Crippen LogP contribution < -0.4 is 10.1 Å². The summed E-state index contributed by atoms with van der Waals surface area (Å²) in [4.78, 5) is 0. The first-order valence-electron chi connectivity index (χ1n) is 7.85. The number of rotatable bonds is 10. The third-order valence-corrected chi connectivity index (χ3v) is 4.02. The molecule has 0 bridgehead atoms. The van der Waals surface area contributed by atoms with Gasteiger partial charge in [-0.1, -0.05) is 29.3 Å². The van der Waals surface area contributed by atoms with Crippen LogP contribution in [0.1, 0.15) is 11.1 Å². The molecule has 0 aliphatic heterocycles. The smallest absolute Gasteiger partial charge is 0.131 e. The van der Waals surface area contributed by atoms with Crippen LogP contribution in [0.2, 0.25) is 10.0 Å². The molecule has 0 aromatic heterocycles. The van der Waals surface area contributed by atoms with E-state index in [4.69, 9.17) is 37.8 Å². The second kappa shape index (κ2) is 10.6. The summed E-state index contributed by atoms with van der Waals surface area (Å²) in [5, 5.41) is 12.8. The quantitative estimate of drug-likeness (QED) is 0.608. The van der Waals surface area contributed by atoms with E-state index in [2.05, 4.69) is 5.32 Å². The van der Waals surface area contributed by atoms with Gasteiger partial charge in [-0.05, 0) is 30.3 Å². The van der Waals surface area contributed by atoms with Crippen molar-refractivity contribution in [3.05, 3.63) is 63.4 Å². The summed E-state index contributed by atoms with van der Waals surface area (Å²) in [6.45, 7) is 1.97. The lowest BCUT2D eigenvalue weighted by Crippen LogP contribution is -2.20. The van der Waals surface area contributed by atoms with E-state index < -0.39 is 5.82 Å². The molecule has 0 spiro atoms. The Bertz CT molecular complexity index is 665. The molecule has 0 saturated carbocycles. The fraction of sp³-hybridized carbons (Fsp3) is 0.333. The van der Waals surface area contributed by atoms with E-state index in [9.17, 15) is 4.39 Å². The fourth-order valence-electron chi connectivity index (χ4n) is 2.18. The molecule has 0 heterocycles. The molecule has 4 nitrogen and oxygen atoms in total. The van der Waals surface area contributed by atoms with Gasteiger partial charge in [0.25, 0.3) is 0 Å². The van der Waals surface area contributed by atoms with E-state index in [0.717, 1.165) is 5.56 Å². The first kappa shape index (κ1) is 19.9. The van der Waals surface area contributed by atoms with Crippen molar-refractivity contribution in [2.45, 2.75) is 13.2 Å². The second-order valence-corrected chi connectivity index (χ2v) is 6.10. The van der Waals surface area contributed by atoms with Gasteiger partial charge in [0.1, 0.15) is 18.2 Å². The summed E-state index contributed by atoms with van der Waals surface area (Å²) in [7, 11) is 0. The lowest BCUT2D eigenvalue weighted by Gasteiger charge is -2.14. The number of ether oxygens (including phenoxy) is 2. The maximum atomic E-state index is 13.8. The Morgan fingerprint density at radius 3 is 2.72 bits per heavy atom. The van der Waals surface area contributed by atoms with Gasteiger partial charge in [-0.25, -0.2) is 4.39 Å². The Hall–Kier alpha value is -1.37. The van der Waals surface area contributed by atoms with Crippen molar-refractivity contribution in [2.24, 2.45) is 0 Å². The molecule has 2 aromatic rings. The van der Waals surface area contributed by atoms with Gasteiger partial charge in [-0.15, -0.1) is 0 Å². The van der Waals surface area contributed by atoms with E-state index in [1.54, 1.807) is 30.3 Å². The van der Waals surface area contributed by atoms with Crippen LogP contribution in [0.5, 0.6) is 5.75 Å². The second-order valence-electron chi connectivity index (χ2n) is 5.25. The molecule has 0 atom stereocenters. The zero-order valence-electron chi connectivity index (χ0n) is 13.6. The van der Waals surface area contributed by atoms with Crippen LogP contribution in [-0.4, -0.2) is 31.5 Å². The predicted molar refractivity (Wildman–Crippen MR) is 96.8 cm³/mol. The summed E-state index contributed by atoms with van der Waals surface area (Å²) in [5.41, 5.74) is 1.16. The van der Waals surface area contributed by atoms with Crippen LogP contribution >= 0.6 is 23.2 Å². The van der Waals surface area contributed by atoms with Crippen LogP contribution in [0.3, 0.4) is 0 Å². The highest BCUT2D eigenvalue weighted by atomic mass is 35.5. The Labute approximate surface area is 156 Å². The molecule has 0 aliphatic rings. The molecular weight excluding hydrogens is 368 g/mol. The summed E-state index contributed by atoms with van der Waals surface area (Å²) in [6.07, 6.45) is 0. The molecule has 0 unspecified atom stereocenters. The molecule has 0 fully saturated rings. The molecule has 7 heteroatoms. The molecule has 0 radical (unpaired) electrons. The van der Waals surface area contributed by atoms with Gasteiger partial charge in [0.05, 0.1) is 24.8 Å². The normalized spacial score (nSPS) is 10.9. The SMILES string of the molecule is OCCOCCNCc1cc(Cl)ccc1OCc1c(F)cccc1Cl. The molecule has 0 amide bonds. The van der Waals surface area contributed by atoms with E-state index in [1.807, 2.05) is 0 Å². The number of aliphatic hydroxyl groups excluding tert-OH is 1. The minimum Gasteiger partial charge on any atom is -0.488 e. The Morgan fingerprint density at radius 1 is 1.12 bits per heavy atom. The number of hydrogen-bond donors (Lipinski definition) is 2. The maximum Gasteiger partial charge on any atom is 0.131 e. The van der Waals surface area contributed by atoms with E-state index in [1.165, 1.54) is 6.07 Å². The van der Waals surface area contributed by atoms with Crippen LogP contribution in [0, 0.1) is 5.82 Å². The molecule has 2 rings (SSSR count). The zero-order chi connectivity index (χ0) is 18.1. The first-order valence-corrected chi connectivity index (χ1v) is 8.61. The van der Waals surface area contributed by atoms with Crippen LogP contribution in [0.25, 0.3) is 0 Å². The third-order valence-electron chi connectivity index (χ3n) is 3.43. The molecule has 136 valence electrons. The summed E-state index contributed by atoms with van der Waals surface area (Å²) in [6, 6.07) is 9.78. The molecule has 2 N–H and O–H groups in total. The van der Waals surface area contributed by atoms with Gasteiger partial charge < -0.3 is 19.9 Å². The standard InChI is InChI=1S/C18H20Cl2FNO3/c19-14-4-5-18(13(10-14)11-22-6-8-24-9-7-23)25-12-15-16(20)2-1-3-17(15)21/h1-5,10,22-23H,6-9,11-12H2. The minimum atomic E-state index is -0.401. The molecule has 0 saturated heterocycles. The van der Waals surface area contributed by atoms with Crippen molar-refractivity contribution < 1.29 is 19.0 Å². The summed E-state index contributed by atoms with van der Waals surface area (Å²) in [5.74, 6) is 0.203. The van der Waals surface area contributed by atoms with Gasteiger partial charge in [0, 0.05) is 29.2 Å². The van der Waals surface area contributed by atoms with Crippen LogP contribution in [0.15, 0.2) is 36.4 Å². The monoisotopic (exact) mass is 387 g/mol. The van der Waals surface area contributed by atoms with Crippen molar-refractivity contribution in [1.82, 2.24) is 5.32 Å². The van der Waals surface area contributed by atoms with E-state index in [0.29, 0.717) is 47.7 Å². The van der Waals surface area contributed by atoms with E-state index in [-0.39, 0.29) is 13.2 Å². The molecule has 0 aliphatic carbocycles. The Kier molecular flexibility index (Phi) is 8.44. The average Bonchev–Trinajstić information content (AvgIpc) is 2.59.